The molecule has 0 aliphatic rings. The van der Waals surface area contributed by atoms with Crippen molar-refractivity contribution in [3.63, 3.8) is 0 Å². The van der Waals surface area contributed by atoms with Crippen molar-refractivity contribution in [3.8, 4) is 11.1 Å². The van der Waals surface area contributed by atoms with Crippen LogP contribution in [0, 0.1) is 5.82 Å². The number of thiophene rings is 1. The summed E-state index contributed by atoms with van der Waals surface area (Å²) in [6, 6.07) is 17.0. The SMILES string of the molecule is COCCNC(=O)c1cc(F)cc(-c2cccc3cc(Cc4cccc(C(F)(F)F)c4)sc23)c1. The Bertz CT molecular complexity index is 1330. The van der Waals surface area contributed by atoms with Gasteiger partial charge in [0, 0.05) is 35.2 Å². The summed E-state index contributed by atoms with van der Waals surface area (Å²) in [5, 5.41) is 3.58. The topological polar surface area (TPSA) is 38.3 Å². The molecule has 4 rings (SSSR count). The average molecular weight is 488 g/mol. The highest BCUT2D eigenvalue weighted by Gasteiger charge is 2.30. The van der Waals surface area contributed by atoms with Crippen LogP contribution in [0.2, 0.25) is 0 Å². The van der Waals surface area contributed by atoms with Crippen LogP contribution in [0.15, 0.2) is 66.7 Å². The van der Waals surface area contributed by atoms with Crippen LogP contribution in [-0.2, 0) is 17.3 Å². The number of nitrogens with one attached hydrogen (secondary N) is 1. The van der Waals surface area contributed by atoms with Crippen LogP contribution < -0.4 is 5.32 Å². The number of hydrogen-bond acceptors (Lipinski definition) is 3. The molecule has 34 heavy (non-hydrogen) atoms. The monoisotopic (exact) mass is 487 g/mol. The van der Waals surface area contributed by atoms with E-state index in [1.807, 2.05) is 24.3 Å². The quantitative estimate of drug-likeness (QED) is 0.233. The molecule has 4 aromatic rings. The largest absolute Gasteiger partial charge is 0.416 e. The molecule has 8 heteroatoms. The van der Waals surface area contributed by atoms with Gasteiger partial charge in [0.2, 0.25) is 0 Å². The van der Waals surface area contributed by atoms with Crippen LogP contribution in [-0.4, -0.2) is 26.2 Å². The van der Waals surface area contributed by atoms with E-state index in [2.05, 4.69) is 5.32 Å². The van der Waals surface area contributed by atoms with Gasteiger partial charge >= 0.3 is 6.18 Å². The molecule has 0 saturated carbocycles. The smallest absolute Gasteiger partial charge is 0.383 e. The summed E-state index contributed by atoms with van der Waals surface area (Å²) in [6.45, 7) is 0.650. The van der Waals surface area contributed by atoms with E-state index in [1.54, 1.807) is 12.1 Å². The Morgan fingerprint density at radius 3 is 2.59 bits per heavy atom. The van der Waals surface area contributed by atoms with E-state index in [0.717, 1.165) is 32.7 Å². The van der Waals surface area contributed by atoms with Gasteiger partial charge in [0.25, 0.3) is 5.91 Å². The van der Waals surface area contributed by atoms with Gasteiger partial charge in [-0.3, -0.25) is 4.79 Å². The van der Waals surface area contributed by atoms with Crippen LogP contribution in [0.25, 0.3) is 21.2 Å². The third kappa shape index (κ3) is 5.46. The van der Waals surface area contributed by atoms with E-state index in [9.17, 15) is 22.4 Å². The van der Waals surface area contributed by atoms with Crippen LogP contribution in [0.4, 0.5) is 17.6 Å². The number of hydrogen-bond donors (Lipinski definition) is 1. The Morgan fingerprint density at radius 2 is 1.82 bits per heavy atom. The van der Waals surface area contributed by atoms with E-state index in [1.165, 1.54) is 36.6 Å². The van der Waals surface area contributed by atoms with Crippen molar-refractivity contribution >= 4 is 27.3 Å². The minimum Gasteiger partial charge on any atom is -0.383 e. The Kier molecular flexibility index (Phi) is 7.00. The van der Waals surface area contributed by atoms with Gasteiger partial charge in [-0.05, 0) is 52.4 Å². The predicted octanol–water partition coefficient (Wildman–Crippen LogP) is 6.69. The first kappa shape index (κ1) is 23.9. The van der Waals surface area contributed by atoms with Gasteiger partial charge in [0.15, 0.2) is 0 Å². The van der Waals surface area contributed by atoms with Gasteiger partial charge in [-0.1, -0.05) is 36.4 Å². The number of benzene rings is 3. The Hall–Kier alpha value is -3.23. The molecule has 1 aromatic heterocycles. The summed E-state index contributed by atoms with van der Waals surface area (Å²) in [4.78, 5) is 13.3. The zero-order chi connectivity index (χ0) is 24.3. The number of rotatable bonds is 7. The fourth-order valence-electron chi connectivity index (χ4n) is 3.73. The summed E-state index contributed by atoms with van der Waals surface area (Å²) in [6.07, 6.45) is -4.05. The molecule has 1 amide bonds. The Labute approximate surface area is 198 Å². The van der Waals surface area contributed by atoms with Crippen molar-refractivity contribution in [2.75, 3.05) is 20.3 Å². The average Bonchev–Trinajstić information content (AvgIpc) is 3.20. The maximum absolute atomic E-state index is 14.4. The predicted molar refractivity (Wildman–Crippen MR) is 126 cm³/mol. The lowest BCUT2D eigenvalue weighted by Crippen LogP contribution is -2.27. The highest BCUT2D eigenvalue weighted by Crippen LogP contribution is 2.37. The number of amides is 1. The molecule has 0 bridgehead atoms. The molecule has 3 aromatic carbocycles. The van der Waals surface area contributed by atoms with Crippen molar-refractivity contribution in [1.82, 2.24) is 5.32 Å². The van der Waals surface area contributed by atoms with Crippen molar-refractivity contribution in [3.05, 3.63) is 94.1 Å². The molecule has 176 valence electrons. The van der Waals surface area contributed by atoms with E-state index in [0.29, 0.717) is 30.7 Å². The number of carbonyl (C=O) groups is 1. The highest BCUT2D eigenvalue weighted by atomic mass is 32.1. The van der Waals surface area contributed by atoms with Gasteiger partial charge < -0.3 is 10.1 Å². The Balaban J connectivity index is 1.66. The minimum atomic E-state index is -4.39. The molecule has 0 radical (unpaired) electrons. The summed E-state index contributed by atoms with van der Waals surface area (Å²) < 4.78 is 59.4. The van der Waals surface area contributed by atoms with Gasteiger partial charge in [0.1, 0.15) is 5.82 Å². The lowest BCUT2D eigenvalue weighted by atomic mass is 10.0. The molecule has 0 saturated heterocycles. The number of halogens is 4. The van der Waals surface area contributed by atoms with E-state index >= 15 is 0 Å². The lowest BCUT2D eigenvalue weighted by Gasteiger charge is -2.09. The third-order valence-electron chi connectivity index (χ3n) is 5.29. The Morgan fingerprint density at radius 1 is 1.03 bits per heavy atom. The standard InChI is InChI=1S/C26H21F4NO2S/c1-33-9-8-31-25(32)19-12-18(13-21(27)14-19)23-7-3-5-17-15-22(34-24(17)23)11-16-4-2-6-20(10-16)26(28,29)30/h2-7,10,12-15H,8-9,11H2,1H3,(H,31,32). The normalized spacial score (nSPS) is 11.7. The van der Waals surface area contributed by atoms with Crippen molar-refractivity contribution < 1.29 is 27.1 Å². The molecule has 0 unspecified atom stereocenters. The first-order valence-corrected chi connectivity index (χ1v) is 11.3. The molecule has 0 fully saturated rings. The zero-order valence-corrected chi connectivity index (χ0v) is 19.0. The first-order valence-electron chi connectivity index (χ1n) is 10.5. The number of methoxy groups -OCH3 is 1. The fourth-order valence-corrected chi connectivity index (χ4v) is 4.96. The second kappa shape index (κ2) is 9.95. The molecule has 3 nitrogen and oxygen atoms in total. The first-order chi connectivity index (χ1) is 16.2. The summed E-state index contributed by atoms with van der Waals surface area (Å²) in [7, 11) is 1.52. The minimum absolute atomic E-state index is 0.198. The fraction of sp³-hybridized carbons (Fsp3) is 0.192. The lowest BCUT2D eigenvalue weighted by molar-refractivity contribution is -0.137. The van der Waals surface area contributed by atoms with Crippen LogP contribution >= 0.6 is 11.3 Å². The highest BCUT2D eigenvalue weighted by molar-refractivity contribution is 7.19. The molecule has 0 spiro atoms. The molecule has 1 N–H and O–H groups in total. The summed E-state index contributed by atoms with van der Waals surface area (Å²) >= 11 is 1.44. The second-order valence-corrected chi connectivity index (χ2v) is 8.93. The van der Waals surface area contributed by atoms with Crippen LogP contribution in [0.5, 0.6) is 0 Å². The molecule has 0 atom stereocenters. The summed E-state index contributed by atoms with van der Waals surface area (Å²) in [5.74, 6) is -0.937. The molecular formula is C26H21F4NO2S. The molecule has 0 aliphatic heterocycles. The van der Waals surface area contributed by atoms with Crippen molar-refractivity contribution in [2.45, 2.75) is 12.6 Å². The van der Waals surface area contributed by atoms with E-state index in [-0.39, 0.29) is 5.56 Å². The molecule has 0 aliphatic carbocycles. The van der Waals surface area contributed by atoms with E-state index < -0.39 is 23.5 Å². The van der Waals surface area contributed by atoms with E-state index in [4.69, 9.17) is 4.74 Å². The van der Waals surface area contributed by atoms with Gasteiger partial charge in [0.05, 0.1) is 12.2 Å². The number of fused-ring (bicyclic) bond motifs is 1. The molecule has 1 heterocycles. The van der Waals surface area contributed by atoms with Crippen molar-refractivity contribution in [1.29, 1.82) is 0 Å². The van der Waals surface area contributed by atoms with Gasteiger partial charge in [-0.25, -0.2) is 4.39 Å². The van der Waals surface area contributed by atoms with Crippen LogP contribution in [0.1, 0.15) is 26.4 Å². The summed E-state index contributed by atoms with van der Waals surface area (Å²) in [5.41, 5.74) is 1.38. The van der Waals surface area contributed by atoms with Crippen LogP contribution in [0.3, 0.4) is 0 Å². The number of ether oxygens (including phenoxy) is 1. The number of carbonyl (C=O) groups excluding carboxylic acids is 1. The molecular weight excluding hydrogens is 466 g/mol. The van der Waals surface area contributed by atoms with Crippen molar-refractivity contribution in [2.24, 2.45) is 0 Å². The second-order valence-electron chi connectivity index (χ2n) is 7.79. The maximum atomic E-state index is 14.4. The third-order valence-corrected chi connectivity index (χ3v) is 6.47. The zero-order valence-electron chi connectivity index (χ0n) is 18.2. The van der Waals surface area contributed by atoms with Gasteiger partial charge in [-0.2, -0.15) is 13.2 Å². The number of alkyl halides is 3. The van der Waals surface area contributed by atoms with Gasteiger partial charge in [-0.15, -0.1) is 11.3 Å². The maximum Gasteiger partial charge on any atom is 0.416 e.